The summed E-state index contributed by atoms with van der Waals surface area (Å²) in [6, 6.07) is 10.6. The minimum absolute atomic E-state index is 0.709. The van der Waals surface area contributed by atoms with Crippen LogP contribution in [-0.2, 0) is 0 Å². The van der Waals surface area contributed by atoms with Crippen LogP contribution in [0.5, 0.6) is 0 Å². The molecule has 0 saturated heterocycles. The highest BCUT2D eigenvalue weighted by molar-refractivity contribution is 5.18. The van der Waals surface area contributed by atoms with Gasteiger partial charge in [0.25, 0.3) is 0 Å². The van der Waals surface area contributed by atoms with E-state index >= 15 is 0 Å². The second-order valence-corrected chi connectivity index (χ2v) is 5.33. The van der Waals surface area contributed by atoms with Crippen LogP contribution >= 0.6 is 0 Å². The lowest BCUT2D eigenvalue weighted by atomic mass is 9.99. The molecule has 0 radical (unpaired) electrons. The van der Waals surface area contributed by atoms with E-state index in [4.69, 9.17) is 0 Å². The smallest absolute Gasteiger partial charge is 0.0757 e. The van der Waals surface area contributed by atoms with E-state index in [1.807, 2.05) is 0 Å². The van der Waals surface area contributed by atoms with Crippen LogP contribution in [0.15, 0.2) is 30.3 Å². The number of benzene rings is 1. The first-order valence-corrected chi connectivity index (χ1v) is 7.99. The minimum Gasteiger partial charge on any atom is -0.325 e. The van der Waals surface area contributed by atoms with Crippen LogP contribution in [0.2, 0.25) is 0 Å². The number of rotatable bonds is 6. The van der Waals surface area contributed by atoms with Crippen molar-refractivity contribution >= 4 is 0 Å². The van der Waals surface area contributed by atoms with Gasteiger partial charge in [-0.2, -0.15) is 0 Å². The van der Waals surface area contributed by atoms with Crippen molar-refractivity contribution in [3.8, 4) is 0 Å². The van der Waals surface area contributed by atoms with Crippen molar-refractivity contribution in [2.24, 2.45) is 0 Å². The maximum absolute atomic E-state index is 2.27. The summed E-state index contributed by atoms with van der Waals surface area (Å²) in [6.07, 6.45) is 1.23. The average Bonchev–Trinajstić information content (AvgIpc) is 2.51. The Bertz CT molecular complexity index is 283. The van der Waals surface area contributed by atoms with Crippen LogP contribution in [0.3, 0.4) is 0 Å². The van der Waals surface area contributed by atoms with Gasteiger partial charge in [-0.25, -0.2) is 0 Å². The van der Waals surface area contributed by atoms with Crippen molar-refractivity contribution < 1.29 is 4.48 Å². The number of nitrogens with zero attached hydrogens (tertiary/aromatic N) is 1. The van der Waals surface area contributed by atoms with Gasteiger partial charge in [0.15, 0.2) is 0 Å². The molecule has 0 bridgehead atoms. The SMILES string of the molecule is CCC(C)c1ccccc1.CC[N+](CC)(CC)CC. The molecule has 1 rings (SSSR count). The molecule has 0 fully saturated rings. The fourth-order valence-corrected chi connectivity index (χ4v) is 2.36. The van der Waals surface area contributed by atoms with E-state index in [0.29, 0.717) is 5.92 Å². The van der Waals surface area contributed by atoms with Crippen LogP contribution in [0.25, 0.3) is 0 Å². The Morgan fingerprint density at radius 1 is 0.789 bits per heavy atom. The van der Waals surface area contributed by atoms with Gasteiger partial charge in [0.2, 0.25) is 0 Å². The fraction of sp³-hybridized carbons (Fsp3) is 0.667. The number of hydrogen-bond donors (Lipinski definition) is 0. The highest BCUT2D eigenvalue weighted by Gasteiger charge is 2.16. The maximum atomic E-state index is 2.27. The summed E-state index contributed by atoms with van der Waals surface area (Å²) in [5.74, 6) is 0.709. The maximum Gasteiger partial charge on any atom is 0.0757 e. The molecule has 1 unspecified atom stereocenters. The van der Waals surface area contributed by atoms with Crippen LogP contribution in [0, 0.1) is 0 Å². The lowest BCUT2D eigenvalue weighted by molar-refractivity contribution is -0.921. The van der Waals surface area contributed by atoms with E-state index < -0.39 is 0 Å². The molecule has 1 nitrogen and oxygen atoms in total. The van der Waals surface area contributed by atoms with E-state index in [1.165, 1.54) is 42.6 Å². The van der Waals surface area contributed by atoms with Crippen molar-refractivity contribution in [3.05, 3.63) is 35.9 Å². The second-order valence-electron chi connectivity index (χ2n) is 5.33. The van der Waals surface area contributed by atoms with E-state index in [2.05, 4.69) is 71.9 Å². The predicted molar refractivity (Wildman–Crippen MR) is 87.6 cm³/mol. The molecule has 1 aromatic carbocycles. The van der Waals surface area contributed by atoms with Crippen molar-refractivity contribution in [1.29, 1.82) is 0 Å². The number of quaternary nitrogens is 1. The first kappa shape index (κ1) is 18.2. The van der Waals surface area contributed by atoms with Gasteiger partial charge < -0.3 is 4.48 Å². The summed E-state index contributed by atoms with van der Waals surface area (Å²) in [6.45, 7) is 18.7. The number of hydrogen-bond acceptors (Lipinski definition) is 0. The lowest BCUT2D eigenvalue weighted by Crippen LogP contribution is -2.47. The molecular weight excluding hydrogens is 230 g/mol. The highest BCUT2D eigenvalue weighted by Crippen LogP contribution is 2.16. The highest BCUT2D eigenvalue weighted by atomic mass is 15.3. The normalized spacial score (nSPS) is 12.5. The van der Waals surface area contributed by atoms with Crippen molar-refractivity contribution in [3.63, 3.8) is 0 Å². The monoisotopic (exact) mass is 264 g/mol. The molecule has 0 aliphatic rings. The molecule has 110 valence electrons. The average molecular weight is 264 g/mol. The fourth-order valence-electron chi connectivity index (χ4n) is 2.36. The van der Waals surface area contributed by atoms with Crippen molar-refractivity contribution in [1.82, 2.24) is 0 Å². The molecule has 0 aliphatic carbocycles. The van der Waals surface area contributed by atoms with Crippen molar-refractivity contribution in [2.45, 2.75) is 53.9 Å². The van der Waals surface area contributed by atoms with Crippen molar-refractivity contribution in [2.75, 3.05) is 26.2 Å². The predicted octanol–water partition coefficient (Wildman–Crippen LogP) is 5.08. The largest absolute Gasteiger partial charge is 0.325 e. The van der Waals surface area contributed by atoms with Gasteiger partial charge in [0.1, 0.15) is 0 Å². The van der Waals surface area contributed by atoms with Gasteiger partial charge in [-0.1, -0.05) is 44.2 Å². The molecular formula is C18H34N+. The summed E-state index contributed by atoms with van der Waals surface area (Å²) >= 11 is 0. The zero-order valence-corrected chi connectivity index (χ0v) is 13.9. The molecule has 0 aromatic heterocycles. The van der Waals surface area contributed by atoms with E-state index in [1.54, 1.807) is 0 Å². The molecule has 0 amide bonds. The van der Waals surface area contributed by atoms with Gasteiger partial charge in [-0.15, -0.1) is 0 Å². The summed E-state index contributed by atoms with van der Waals surface area (Å²) in [4.78, 5) is 0. The molecule has 19 heavy (non-hydrogen) atoms. The standard InChI is InChI=1S/C10H14.C8H20N/c1-3-9(2)10-7-5-4-6-8-10;1-5-9(6-2,7-3)8-4/h4-9H,3H2,1-2H3;5-8H2,1-4H3/q;+1. The Labute approximate surface area is 121 Å². The third-order valence-electron chi connectivity index (χ3n) is 4.66. The Hall–Kier alpha value is -0.820. The van der Waals surface area contributed by atoms with E-state index in [0.717, 1.165) is 0 Å². The van der Waals surface area contributed by atoms with Crippen LogP contribution < -0.4 is 0 Å². The quantitative estimate of drug-likeness (QED) is 0.628. The third-order valence-corrected chi connectivity index (χ3v) is 4.66. The Balaban J connectivity index is 0.000000344. The Kier molecular flexibility index (Phi) is 9.59. The van der Waals surface area contributed by atoms with Crippen LogP contribution in [-0.4, -0.2) is 30.7 Å². The molecule has 0 spiro atoms. The topological polar surface area (TPSA) is 0 Å². The van der Waals surface area contributed by atoms with E-state index in [9.17, 15) is 0 Å². The summed E-state index contributed by atoms with van der Waals surface area (Å²) in [5, 5.41) is 0. The lowest BCUT2D eigenvalue weighted by Gasteiger charge is -2.34. The van der Waals surface area contributed by atoms with Crippen LogP contribution in [0.1, 0.15) is 59.4 Å². The minimum atomic E-state index is 0.709. The molecule has 0 saturated carbocycles. The first-order chi connectivity index (χ1) is 9.09. The zero-order valence-electron chi connectivity index (χ0n) is 13.9. The Morgan fingerprint density at radius 3 is 1.47 bits per heavy atom. The van der Waals surface area contributed by atoms with Gasteiger partial charge >= 0.3 is 0 Å². The van der Waals surface area contributed by atoms with Gasteiger partial charge in [0.05, 0.1) is 26.2 Å². The Morgan fingerprint density at radius 2 is 1.21 bits per heavy atom. The summed E-state index contributed by atoms with van der Waals surface area (Å²) in [5.41, 5.74) is 1.45. The first-order valence-electron chi connectivity index (χ1n) is 7.99. The van der Waals surface area contributed by atoms with Gasteiger partial charge in [-0.3, -0.25) is 0 Å². The molecule has 0 heterocycles. The summed E-state index contributed by atoms with van der Waals surface area (Å²) in [7, 11) is 0. The van der Waals surface area contributed by atoms with Crippen LogP contribution in [0.4, 0.5) is 0 Å². The van der Waals surface area contributed by atoms with E-state index in [-0.39, 0.29) is 0 Å². The van der Waals surface area contributed by atoms with Gasteiger partial charge in [-0.05, 0) is 45.6 Å². The molecule has 1 atom stereocenters. The third kappa shape index (κ3) is 6.24. The second kappa shape index (κ2) is 10.0. The molecule has 0 aliphatic heterocycles. The van der Waals surface area contributed by atoms with Gasteiger partial charge in [0, 0.05) is 0 Å². The molecule has 1 heteroatoms. The molecule has 0 N–H and O–H groups in total. The summed E-state index contributed by atoms with van der Waals surface area (Å²) < 4.78 is 1.28. The molecule has 1 aromatic rings. The zero-order chi connectivity index (χ0) is 14.7.